The van der Waals surface area contributed by atoms with Gasteiger partial charge in [0.15, 0.2) is 0 Å². The zero-order valence-corrected chi connectivity index (χ0v) is 15.3. The van der Waals surface area contributed by atoms with E-state index in [1.54, 1.807) is 0 Å². The van der Waals surface area contributed by atoms with Crippen LogP contribution in [0, 0.1) is 18.7 Å². The largest absolute Gasteiger partial charge is 0.457 e. The third kappa shape index (κ3) is 4.83. The van der Waals surface area contributed by atoms with Crippen molar-refractivity contribution in [1.82, 2.24) is 4.98 Å². The van der Waals surface area contributed by atoms with Gasteiger partial charge in [0, 0.05) is 17.3 Å². The van der Waals surface area contributed by atoms with Crippen molar-refractivity contribution >= 4 is 17.4 Å². The number of carbonyl (C=O) groups excluding carboxylic acids is 1. The first-order valence-corrected chi connectivity index (χ1v) is 8.42. The second kappa shape index (κ2) is 7.97. The molecule has 0 bridgehead atoms. The number of hydrogen-bond acceptors (Lipinski definition) is 4. The fraction of sp³-hybridized carbons (Fsp3) is 0.100. The number of aromatic nitrogens is 1. The molecule has 0 saturated heterocycles. The fourth-order valence-electron chi connectivity index (χ4n) is 2.51. The summed E-state index contributed by atoms with van der Waals surface area (Å²) in [5.74, 6) is -3.00. The van der Waals surface area contributed by atoms with E-state index in [2.05, 4.69) is 10.3 Å². The number of anilines is 2. The van der Waals surface area contributed by atoms with Crippen LogP contribution in [-0.2, 0) is 6.18 Å². The van der Waals surface area contributed by atoms with Crippen molar-refractivity contribution in [3.8, 4) is 11.5 Å². The third-order valence-electron chi connectivity index (χ3n) is 3.97. The van der Waals surface area contributed by atoms with Gasteiger partial charge in [-0.25, -0.2) is 9.37 Å². The van der Waals surface area contributed by atoms with Crippen molar-refractivity contribution < 1.29 is 31.5 Å². The summed E-state index contributed by atoms with van der Waals surface area (Å²) >= 11 is 0. The number of ether oxygens (including phenoxy) is 1. The van der Waals surface area contributed by atoms with Gasteiger partial charge in [0.1, 0.15) is 23.1 Å². The predicted molar refractivity (Wildman–Crippen MR) is 99.2 cm³/mol. The van der Waals surface area contributed by atoms with Crippen molar-refractivity contribution in [3.63, 3.8) is 0 Å². The molecule has 0 saturated carbocycles. The molecule has 10 heteroatoms. The molecule has 0 unspecified atom stereocenters. The van der Waals surface area contributed by atoms with E-state index in [4.69, 9.17) is 10.5 Å². The molecule has 3 rings (SSSR count). The van der Waals surface area contributed by atoms with Crippen molar-refractivity contribution in [2.75, 3.05) is 11.1 Å². The minimum atomic E-state index is -4.72. The topological polar surface area (TPSA) is 77.2 Å². The molecular weight excluding hydrogens is 409 g/mol. The number of nitrogen functional groups attached to an aromatic ring is 1. The van der Waals surface area contributed by atoms with E-state index in [-0.39, 0.29) is 28.4 Å². The van der Waals surface area contributed by atoms with Crippen molar-refractivity contribution in [3.05, 3.63) is 77.0 Å². The zero-order valence-electron chi connectivity index (χ0n) is 15.3. The van der Waals surface area contributed by atoms with Gasteiger partial charge in [-0.15, -0.1) is 0 Å². The Bertz CT molecular complexity index is 1100. The van der Waals surface area contributed by atoms with Gasteiger partial charge in [-0.1, -0.05) is 0 Å². The van der Waals surface area contributed by atoms with Crippen LogP contribution >= 0.6 is 0 Å². The maximum Gasteiger partial charge on any atom is 0.416 e. The number of rotatable bonds is 4. The number of benzene rings is 2. The van der Waals surface area contributed by atoms with Crippen LogP contribution < -0.4 is 15.8 Å². The Morgan fingerprint density at radius 3 is 2.33 bits per heavy atom. The van der Waals surface area contributed by atoms with Gasteiger partial charge in [0.2, 0.25) is 5.95 Å². The molecule has 2 aromatic carbocycles. The molecule has 0 radical (unpaired) electrons. The molecule has 0 aliphatic heterocycles. The van der Waals surface area contributed by atoms with Crippen molar-refractivity contribution in [1.29, 1.82) is 0 Å². The summed E-state index contributed by atoms with van der Waals surface area (Å²) in [5, 5.41) is 2.53. The van der Waals surface area contributed by atoms with Crippen LogP contribution in [0.5, 0.6) is 11.5 Å². The molecule has 0 aliphatic carbocycles. The van der Waals surface area contributed by atoms with Crippen LogP contribution in [-0.4, -0.2) is 10.9 Å². The molecule has 0 fully saturated rings. The van der Waals surface area contributed by atoms with Gasteiger partial charge in [0.25, 0.3) is 5.91 Å². The lowest BCUT2D eigenvalue weighted by Crippen LogP contribution is -2.16. The van der Waals surface area contributed by atoms with E-state index in [1.165, 1.54) is 37.3 Å². The lowest BCUT2D eigenvalue weighted by Gasteiger charge is -2.12. The average molecular weight is 423 g/mol. The van der Waals surface area contributed by atoms with Crippen molar-refractivity contribution in [2.45, 2.75) is 13.1 Å². The van der Waals surface area contributed by atoms with Crippen LogP contribution in [0.1, 0.15) is 21.5 Å². The number of nitrogens with two attached hydrogens (primary N) is 1. The molecule has 1 amide bonds. The van der Waals surface area contributed by atoms with Gasteiger partial charge in [-0.2, -0.15) is 17.6 Å². The molecule has 1 aromatic heterocycles. The molecule has 0 atom stereocenters. The first-order chi connectivity index (χ1) is 14.0. The molecule has 0 aliphatic rings. The Kier molecular flexibility index (Phi) is 5.59. The van der Waals surface area contributed by atoms with E-state index >= 15 is 0 Å². The molecule has 156 valence electrons. The Morgan fingerprint density at radius 2 is 1.70 bits per heavy atom. The maximum absolute atomic E-state index is 13.4. The summed E-state index contributed by atoms with van der Waals surface area (Å²) in [6, 6.07) is 8.67. The molecule has 0 spiro atoms. The third-order valence-corrected chi connectivity index (χ3v) is 3.97. The smallest absolute Gasteiger partial charge is 0.416 e. The highest BCUT2D eigenvalue weighted by atomic mass is 19.4. The Morgan fingerprint density at radius 1 is 1.03 bits per heavy atom. The van der Waals surface area contributed by atoms with Crippen LogP contribution in [0.2, 0.25) is 0 Å². The number of halogens is 5. The monoisotopic (exact) mass is 423 g/mol. The van der Waals surface area contributed by atoms with Gasteiger partial charge < -0.3 is 15.8 Å². The summed E-state index contributed by atoms with van der Waals surface area (Å²) in [5.41, 5.74) is 4.82. The minimum absolute atomic E-state index is 0.0198. The van der Waals surface area contributed by atoms with E-state index in [1.807, 2.05) is 0 Å². The highest BCUT2D eigenvalue weighted by Gasteiger charge is 2.31. The van der Waals surface area contributed by atoms with Crippen molar-refractivity contribution in [2.24, 2.45) is 0 Å². The lowest BCUT2D eigenvalue weighted by atomic mass is 10.1. The minimum Gasteiger partial charge on any atom is -0.457 e. The van der Waals surface area contributed by atoms with Crippen LogP contribution in [0.25, 0.3) is 0 Å². The van der Waals surface area contributed by atoms with E-state index < -0.39 is 29.4 Å². The first kappa shape index (κ1) is 21.0. The first-order valence-electron chi connectivity index (χ1n) is 8.42. The number of carbonyl (C=O) groups is 1. The highest BCUT2D eigenvalue weighted by Crippen LogP contribution is 2.34. The fourth-order valence-corrected chi connectivity index (χ4v) is 2.51. The van der Waals surface area contributed by atoms with Gasteiger partial charge in [-0.3, -0.25) is 4.79 Å². The number of alkyl halides is 3. The summed E-state index contributed by atoms with van der Waals surface area (Å²) < 4.78 is 70.4. The molecular formula is C20H14F5N3O2. The Labute approximate surface area is 167 Å². The van der Waals surface area contributed by atoms with Gasteiger partial charge >= 0.3 is 6.18 Å². The van der Waals surface area contributed by atoms with E-state index in [0.29, 0.717) is 17.8 Å². The number of amides is 1. The summed E-state index contributed by atoms with van der Waals surface area (Å²) in [7, 11) is 0. The standard InChI is InChI=1S/C20H14F5N3O2/c1-10-6-16(18(26)28-17(10)22)19(29)27-13-2-4-14(5-3-13)30-15-8-11(20(23,24)25)7-12(21)9-15/h2-9H,1H3,(H2,26,28)(H,27,29). The number of nitrogens with zero attached hydrogens (tertiary/aromatic N) is 1. The molecule has 5 nitrogen and oxygen atoms in total. The number of pyridine rings is 1. The second-order valence-corrected chi connectivity index (χ2v) is 6.28. The summed E-state index contributed by atoms with van der Waals surface area (Å²) in [4.78, 5) is 15.8. The number of aryl methyl sites for hydroxylation is 1. The van der Waals surface area contributed by atoms with Crippen LogP contribution in [0.15, 0.2) is 48.5 Å². The van der Waals surface area contributed by atoms with E-state index in [0.717, 1.165) is 6.07 Å². The normalized spacial score (nSPS) is 11.3. The lowest BCUT2D eigenvalue weighted by molar-refractivity contribution is -0.137. The number of hydrogen-bond donors (Lipinski definition) is 2. The van der Waals surface area contributed by atoms with Gasteiger partial charge in [0.05, 0.1) is 11.1 Å². The maximum atomic E-state index is 13.4. The van der Waals surface area contributed by atoms with Gasteiger partial charge in [-0.05, 0) is 49.4 Å². The average Bonchev–Trinajstić information content (AvgIpc) is 2.65. The molecule has 30 heavy (non-hydrogen) atoms. The summed E-state index contributed by atoms with van der Waals surface area (Å²) in [6.45, 7) is 1.43. The number of nitrogens with one attached hydrogen (secondary N) is 1. The SMILES string of the molecule is Cc1cc(C(=O)Nc2ccc(Oc3cc(F)cc(C(F)(F)F)c3)cc2)c(N)nc1F. The van der Waals surface area contributed by atoms with Crippen LogP contribution in [0.4, 0.5) is 33.5 Å². The van der Waals surface area contributed by atoms with E-state index in [9.17, 15) is 26.7 Å². The molecule has 3 aromatic rings. The van der Waals surface area contributed by atoms with Crippen LogP contribution in [0.3, 0.4) is 0 Å². The molecule has 3 N–H and O–H groups in total. The Balaban J connectivity index is 1.74. The molecule has 1 heterocycles. The second-order valence-electron chi connectivity index (χ2n) is 6.28. The predicted octanol–water partition coefficient (Wildman–Crippen LogP) is 5.31. The highest BCUT2D eigenvalue weighted by molar-refractivity contribution is 6.07. The Hall–Kier alpha value is -3.69. The quantitative estimate of drug-likeness (QED) is 0.440. The zero-order chi connectivity index (χ0) is 22.1. The summed E-state index contributed by atoms with van der Waals surface area (Å²) in [6.07, 6.45) is -4.72.